The van der Waals surface area contributed by atoms with Crippen LogP contribution in [0, 0.1) is 0 Å². The summed E-state index contributed by atoms with van der Waals surface area (Å²) in [6.07, 6.45) is 3.16. The highest BCUT2D eigenvalue weighted by molar-refractivity contribution is 6.16. The van der Waals surface area contributed by atoms with E-state index in [4.69, 9.17) is 9.47 Å². The number of ether oxygens (including phenoxy) is 2. The molecule has 0 saturated carbocycles. The molecular formula is C18H14O5. The second-order valence-electron chi connectivity index (χ2n) is 4.92. The third-order valence-electron chi connectivity index (χ3n) is 3.30. The van der Waals surface area contributed by atoms with Gasteiger partial charge in [0.25, 0.3) is 0 Å². The van der Waals surface area contributed by atoms with Crippen LogP contribution in [0.1, 0.15) is 15.9 Å². The number of carbonyl (C=O) groups excluding carboxylic acids is 1. The van der Waals surface area contributed by atoms with Crippen molar-refractivity contribution in [3.8, 4) is 23.0 Å². The Hall–Kier alpha value is -3.21. The maximum atomic E-state index is 12.4. The Bertz CT molecular complexity index is 820. The molecule has 1 aliphatic heterocycles. The molecule has 2 aromatic rings. The van der Waals surface area contributed by atoms with Crippen LogP contribution in [0.4, 0.5) is 0 Å². The van der Waals surface area contributed by atoms with Gasteiger partial charge >= 0.3 is 0 Å². The van der Waals surface area contributed by atoms with Crippen LogP contribution < -0.4 is 9.47 Å². The van der Waals surface area contributed by atoms with Gasteiger partial charge in [0.2, 0.25) is 5.78 Å². The van der Waals surface area contributed by atoms with Gasteiger partial charge in [-0.2, -0.15) is 0 Å². The normalized spacial score (nSPS) is 14.4. The lowest BCUT2D eigenvalue weighted by molar-refractivity contribution is 0.101. The fraction of sp³-hybridized carbons (Fsp3) is 0.0556. The number of phenolic OH excluding ortho intramolecular Hbond substituents is 2. The average molecular weight is 310 g/mol. The number of ketones is 1. The smallest absolute Gasteiger partial charge is 0.235 e. The highest BCUT2D eigenvalue weighted by Crippen LogP contribution is 2.40. The second kappa shape index (κ2) is 5.88. The predicted octanol–water partition coefficient (Wildman–Crippen LogP) is 3.28. The number of rotatable bonds is 4. The van der Waals surface area contributed by atoms with Gasteiger partial charge in [-0.3, -0.25) is 4.79 Å². The summed E-state index contributed by atoms with van der Waals surface area (Å²) in [5, 5.41) is 19.3. The zero-order valence-corrected chi connectivity index (χ0v) is 12.2. The average Bonchev–Trinajstić information content (AvgIpc) is 2.82. The molecule has 2 N–H and O–H groups in total. The van der Waals surface area contributed by atoms with Crippen molar-refractivity contribution in [3.05, 3.63) is 65.9 Å². The quantitative estimate of drug-likeness (QED) is 0.669. The Morgan fingerprint density at radius 3 is 2.78 bits per heavy atom. The monoisotopic (exact) mass is 310 g/mol. The van der Waals surface area contributed by atoms with Crippen molar-refractivity contribution in [2.24, 2.45) is 0 Å². The van der Waals surface area contributed by atoms with Crippen molar-refractivity contribution in [2.75, 3.05) is 6.61 Å². The predicted molar refractivity (Wildman–Crippen MR) is 84.8 cm³/mol. The minimum absolute atomic E-state index is 0.0403. The molecule has 0 saturated heterocycles. The largest absolute Gasteiger partial charge is 0.508 e. The zero-order chi connectivity index (χ0) is 16.4. The van der Waals surface area contributed by atoms with E-state index in [9.17, 15) is 15.0 Å². The molecule has 0 bridgehead atoms. The summed E-state index contributed by atoms with van der Waals surface area (Å²) in [6, 6.07) is 9.56. The first kappa shape index (κ1) is 14.7. The van der Waals surface area contributed by atoms with Crippen LogP contribution in [-0.4, -0.2) is 22.6 Å². The van der Waals surface area contributed by atoms with E-state index in [-0.39, 0.29) is 28.6 Å². The van der Waals surface area contributed by atoms with E-state index in [2.05, 4.69) is 6.58 Å². The molecule has 5 nitrogen and oxygen atoms in total. The molecule has 0 radical (unpaired) electrons. The fourth-order valence-corrected chi connectivity index (χ4v) is 2.30. The lowest BCUT2D eigenvalue weighted by atomic mass is 10.1. The molecule has 3 rings (SSSR count). The maximum absolute atomic E-state index is 12.4. The summed E-state index contributed by atoms with van der Waals surface area (Å²) in [4.78, 5) is 12.4. The number of benzene rings is 2. The molecule has 0 spiro atoms. The van der Waals surface area contributed by atoms with E-state index in [1.165, 1.54) is 12.1 Å². The summed E-state index contributed by atoms with van der Waals surface area (Å²) >= 11 is 0. The fourth-order valence-electron chi connectivity index (χ4n) is 2.30. The van der Waals surface area contributed by atoms with Gasteiger partial charge in [-0.25, -0.2) is 0 Å². The first-order chi connectivity index (χ1) is 11.1. The van der Waals surface area contributed by atoms with Gasteiger partial charge in [0.1, 0.15) is 35.2 Å². The molecule has 0 aliphatic carbocycles. The first-order valence-electron chi connectivity index (χ1n) is 6.93. The van der Waals surface area contributed by atoms with E-state index in [1.807, 2.05) is 12.1 Å². The van der Waals surface area contributed by atoms with Gasteiger partial charge in [0, 0.05) is 17.7 Å². The van der Waals surface area contributed by atoms with Gasteiger partial charge in [0.05, 0.1) is 0 Å². The first-order valence-corrected chi connectivity index (χ1v) is 6.93. The molecule has 1 heterocycles. The van der Waals surface area contributed by atoms with Crippen molar-refractivity contribution >= 4 is 11.9 Å². The van der Waals surface area contributed by atoms with Gasteiger partial charge < -0.3 is 19.7 Å². The molecule has 0 aromatic heterocycles. The van der Waals surface area contributed by atoms with E-state index in [0.29, 0.717) is 17.9 Å². The number of hydrogen-bond acceptors (Lipinski definition) is 5. The summed E-state index contributed by atoms with van der Waals surface area (Å²) in [5.41, 5.74) is 0.702. The summed E-state index contributed by atoms with van der Waals surface area (Å²) < 4.78 is 11.0. The molecule has 2 aromatic carbocycles. The highest BCUT2D eigenvalue weighted by atomic mass is 16.5. The third-order valence-corrected chi connectivity index (χ3v) is 3.30. The molecule has 0 amide bonds. The minimum Gasteiger partial charge on any atom is -0.508 e. The molecule has 0 unspecified atom stereocenters. The molecule has 0 fully saturated rings. The van der Waals surface area contributed by atoms with Crippen LogP contribution in [-0.2, 0) is 0 Å². The van der Waals surface area contributed by atoms with Gasteiger partial charge in [0.15, 0.2) is 5.76 Å². The second-order valence-corrected chi connectivity index (χ2v) is 4.92. The van der Waals surface area contributed by atoms with E-state index in [1.54, 1.807) is 18.2 Å². The number of carbonyl (C=O) groups is 1. The third kappa shape index (κ3) is 2.76. The lowest BCUT2D eigenvalue weighted by Gasteiger charge is -2.07. The Balaban J connectivity index is 1.98. The van der Waals surface area contributed by atoms with Gasteiger partial charge in [-0.05, 0) is 12.1 Å². The minimum atomic E-state index is -0.448. The number of fused-ring (bicyclic) bond motifs is 1. The van der Waals surface area contributed by atoms with Crippen LogP contribution in [0.15, 0.2) is 54.8 Å². The van der Waals surface area contributed by atoms with Crippen LogP contribution >= 0.6 is 0 Å². The molecule has 5 heteroatoms. The number of phenols is 2. The number of allylic oxidation sites excluding steroid dienone is 1. The number of Topliss-reactive ketones (excluding diaryl/α,β-unsaturated/α-hetero) is 1. The topological polar surface area (TPSA) is 76.0 Å². The van der Waals surface area contributed by atoms with Crippen molar-refractivity contribution in [1.29, 1.82) is 0 Å². The zero-order valence-electron chi connectivity index (χ0n) is 12.2. The SMILES string of the molecule is C=CCOc1ccccc1/C=C1\Oc2cc(O)cc(O)c2C1=O. The standard InChI is InChI=1S/C18H14O5/c1-2-7-22-14-6-4-3-5-11(14)8-16-18(21)17-13(20)9-12(19)10-15(17)23-16/h2-6,8-10,19-20H,1,7H2/b16-8-. The molecule has 23 heavy (non-hydrogen) atoms. The molecule has 1 aliphatic rings. The Labute approximate surface area is 132 Å². The maximum Gasteiger partial charge on any atom is 0.235 e. The van der Waals surface area contributed by atoms with Gasteiger partial charge in [-0.15, -0.1) is 0 Å². The number of para-hydroxylation sites is 1. The van der Waals surface area contributed by atoms with Gasteiger partial charge in [-0.1, -0.05) is 30.9 Å². The van der Waals surface area contributed by atoms with E-state index in [0.717, 1.165) is 6.07 Å². The molecule has 116 valence electrons. The van der Waals surface area contributed by atoms with Crippen molar-refractivity contribution in [3.63, 3.8) is 0 Å². The summed E-state index contributed by atoms with van der Waals surface area (Å²) in [5.74, 6) is -0.177. The summed E-state index contributed by atoms with van der Waals surface area (Å²) in [7, 11) is 0. The summed E-state index contributed by atoms with van der Waals surface area (Å²) in [6.45, 7) is 3.93. The Morgan fingerprint density at radius 1 is 1.22 bits per heavy atom. The van der Waals surface area contributed by atoms with Crippen LogP contribution in [0.5, 0.6) is 23.0 Å². The molecule has 0 atom stereocenters. The Kier molecular flexibility index (Phi) is 3.76. The number of aromatic hydroxyl groups is 2. The van der Waals surface area contributed by atoms with Crippen LogP contribution in [0.2, 0.25) is 0 Å². The van der Waals surface area contributed by atoms with E-state index >= 15 is 0 Å². The van der Waals surface area contributed by atoms with E-state index < -0.39 is 5.78 Å². The van der Waals surface area contributed by atoms with Crippen molar-refractivity contribution < 1.29 is 24.5 Å². The van der Waals surface area contributed by atoms with Crippen LogP contribution in [0.3, 0.4) is 0 Å². The number of hydrogen-bond donors (Lipinski definition) is 2. The van der Waals surface area contributed by atoms with Crippen molar-refractivity contribution in [1.82, 2.24) is 0 Å². The Morgan fingerprint density at radius 2 is 2.00 bits per heavy atom. The van der Waals surface area contributed by atoms with Crippen molar-refractivity contribution in [2.45, 2.75) is 0 Å². The highest BCUT2D eigenvalue weighted by Gasteiger charge is 2.31. The van der Waals surface area contributed by atoms with Crippen LogP contribution in [0.25, 0.3) is 6.08 Å². The molecular weight excluding hydrogens is 296 g/mol. The lowest BCUT2D eigenvalue weighted by Crippen LogP contribution is -2.00.